The van der Waals surface area contributed by atoms with Gasteiger partial charge in [0.25, 0.3) is 0 Å². The molecular weight excluding hydrogens is 228 g/mol. The number of nitrogens with one attached hydrogen (secondary N) is 1. The Hall–Kier alpha value is -0.810. The number of hydrogen-bond acceptors (Lipinski definition) is 3. The topological polar surface area (TPSA) is 62.9 Å². The van der Waals surface area contributed by atoms with E-state index < -0.39 is 0 Å². The molecule has 1 aliphatic carbocycles. The van der Waals surface area contributed by atoms with Gasteiger partial charge in [-0.1, -0.05) is 12.8 Å². The Kier molecular flexibility index (Phi) is 5.26. The van der Waals surface area contributed by atoms with Gasteiger partial charge in [-0.25, -0.2) is 10.8 Å². The molecule has 0 aromatic rings. The molecule has 0 bridgehead atoms. The molecule has 2 rings (SSSR count). The van der Waals surface area contributed by atoms with E-state index in [-0.39, 0.29) is 0 Å². The molecule has 5 heteroatoms. The van der Waals surface area contributed by atoms with Crippen molar-refractivity contribution in [2.75, 3.05) is 19.7 Å². The zero-order valence-corrected chi connectivity index (χ0v) is 11.4. The zero-order valence-electron chi connectivity index (χ0n) is 11.4. The maximum absolute atomic E-state index is 5.68. The fraction of sp³-hybridized carbons (Fsp3) is 0.923. The van der Waals surface area contributed by atoms with Gasteiger partial charge in [-0.2, -0.15) is 0 Å². The van der Waals surface area contributed by atoms with Gasteiger partial charge in [0, 0.05) is 19.7 Å². The molecule has 0 spiro atoms. The molecule has 1 saturated carbocycles. The second-order valence-corrected chi connectivity index (χ2v) is 5.21. The van der Waals surface area contributed by atoms with Gasteiger partial charge in [0.15, 0.2) is 0 Å². The SMILES string of the molecule is CCN(CC1CCCO1)C(=NC1CCCC1)NN. The summed E-state index contributed by atoms with van der Waals surface area (Å²) in [7, 11) is 0. The molecule has 2 fully saturated rings. The highest BCUT2D eigenvalue weighted by molar-refractivity contribution is 5.79. The summed E-state index contributed by atoms with van der Waals surface area (Å²) in [5.41, 5.74) is 2.77. The molecule has 0 amide bonds. The standard InChI is InChI=1S/C13H26N4O/c1-2-17(10-12-8-5-9-18-12)13(16-14)15-11-6-3-4-7-11/h11-12H,2-10,14H2,1H3,(H,15,16). The Bertz CT molecular complexity index is 270. The predicted molar refractivity (Wildman–Crippen MR) is 73.2 cm³/mol. The second-order valence-electron chi connectivity index (χ2n) is 5.21. The number of hydrogen-bond donors (Lipinski definition) is 2. The third-order valence-corrected chi connectivity index (χ3v) is 3.89. The first kappa shape index (κ1) is 13.6. The predicted octanol–water partition coefficient (Wildman–Crippen LogP) is 1.25. The van der Waals surface area contributed by atoms with Crippen LogP contribution in [0.2, 0.25) is 0 Å². The number of nitrogens with zero attached hydrogens (tertiary/aromatic N) is 2. The van der Waals surface area contributed by atoms with E-state index in [1.807, 2.05) is 0 Å². The molecule has 0 aromatic carbocycles. The van der Waals surface area contributed by atoms with Crippen LogP contribution in [-0.4, -0.2) is 42.7 Å². The van der Waals surface area contributed by atoms with E-state index in [1.54, 1.807) is 0 Å². The average Bonchev–Trinajstić information content (AvgIpc) is 3.06. The fourth-order valence-corrected chi connectivity index (χ4v) is 2.82. The van der Waals surface area contributed by atoms with Crippen LogP contribution < -0.4 is 11.3 Å². The van der Waals surface area contributed by atoms with E-state index in [0.29, 0.717) is 12.1 Å². The van der Waals surface area contributed by atoms with Gasteiger partial charge >= 0.3 is 0 Å². The summed E-state index contributed by atoms with van der Waals surface area (Å²) >= 11 is 0. The lowest BCUT2D eigenvalue weighted by Gasteiger charge is -2.27. The Labute approximate surface area is 110 Å². The van der Waals surface area contributed by atoms with Crippen LogP contribution in [0.25, 0.3) is 0 Å². The first-order valence-corrected chi connectivity index (χ1v) is 7.24. The first-order chi connectivity index (χ1) is 8.83. The average molecular weight is 254 g/mol. The fourth-order valence-electron chi connectivity index (χ4n) is 2.82. The summed E-state index contributed by atoms with van der Waals surface area (Å²) in [5.74, 6) is 6.47. The molecule has 104 valence electrons. The van der Waals surface area contributed by atoms with Crippen LogP contribution >= 0.6 is 0 Å². The highest BCUT2D eigenvalue weighted by Crippen LogP contribution is 2.21. The number of likely N-dealkylation sites (N-methyl/N-ethyl adjacent to an activating group) is 1. The molecule has 1 saturated heterocycles. The molecule has 3 N–H and O–H groups in total. The number of guanidine groups is 1. The van der Waals surface area contributed by atoms with Gasteiger partial charge in [-0.05, 0) is 32.6 Å². The zero-order chi connectivity index (χ0) is 12.8. The minimum absolute atomic E-state index is 0.340. The van der Waals surface area contributed by atoms with Crippen LogP contribution in [0.5, 0.6) is 0 Å². The highest BCUT2D eigenvalue weighted by atomic mass is 16.5. The van der Waals surface area contributed by atoms with E-state index in [2.05, 4.69) is 17.2 Å². The molecule has 2 aliphatic rings. The monoisotopic (exact) mass is 254 g/mol. The van der Waals surface area contributed by atoms with E-state index >= 15 is 0 Å². The van der Waals surface area contributed by atoms with Crippen molar-refractivity contribution in [1.29, 1.82) is 0 Å². The van der Waals surface area contributed by atoms with Crippen LogP contribution in [0.3, 0.4) is 0 Å². The summed E-state index contributed by atoms with van der Waals surface area (Å²) in [6.07, 6.45) is 7.65. The minimum Gasteiger partial charge on any atom is -0.376 e. The van der Waals surface area contributed by atoms with E-state index in [0.717, 1.165) is 32.1 Å². The van der Waals surface area contributed by atoms with Gasteiger partial charge in [0.1, 0.15) is 0 Å². The van der Waals surface area contributed by atoms with Crippen LogP contribution in [-0.2, 0) is 4.74 Å². The van der Waals surface area contributed by atoms with Crippen molar-refractivity contribution in [2.45, 2.75) is 57.6 Å². The van der Waals surface area contributed by atoms with Crippen LogP contribution in [0.4, 0.5) is 0 Å². The van der Waals surface area contributed by atoms with Crippen LogP contribution in [0.1, 0.15) is 45.4 Å². The van der Waals surface area contributed by atoms with Crippen LogP contribution in [0, 0.1) is 0 Å². The molecule has 0 radical (unpaired) electrons. The van der Waals surface area contributed by atoms with Crippen molar-refractivity contribution in [3.8, 4) is 0 Å². The third kappa shape index (κ3) is 3.59. The van der Waals surface area contributed by atoms with Crippen LogP contribution in [0.15, 0.2) is 4.99 Å². The van der Waals surface area contributed by atoms with E-state index in [4.69, 9.17) is 15.6 Å². The smallest absolute Gasteiger partial charge is 0.208 e. The Morgan fingerprint density at radius 2 is 2.11 bits per heavy atom. The van der Waals surface area contributed by atoms with Gasteiger partial charge in [-0.3, -0.25) is 5.43 Å². The number of aliphatic imine (C=N–C) groups is 1. The Balaban J connectivity index is 1.93. The van der Waals surface area contributed by atoms with Gasteiger partial charge < -0.3 is 9.64 Å². The lowest BCUT2D eigenvalue weighted by Crippen LogP contribution is -2.48. The largest absolute Gasteiger partial charge is 0.376 e. The summed E-state index contributed by atoms with van der Waals surface area (Å²) in [5, 5.41) is 0. The molecule has 18 heavy (non-hydrogen) atoms. The number of ether oxygens (including phenoxy) is 1. The Morgan fingerprint density at radius 3 is 2.67 bits per heavy atom. The Morgan fingerprint density at radius 1 is 1.33 bits per heavy atom. The number of hydrazine groups is 1. The number of rotatable bonds is 4. The van der Waals surface area contributed by atoms with Crippen molar-refractivity contribution < 1.29 is 4.74 Å². The maximum atomic E-state index is 5.68. The summed E-state index contributed by atoms with van der Waals surface area (Å²) < 4.78 is 5.68. The van der Waals surface area contributed by atoms with Crippen molar-refractivity contribution in [1.82, 2.24) is 10.3 Å². The molecule has 1 atom stereocenters. The highest BCUT2D eigenvalue weighted by Gasteiger charge is 2.22. The van der Waals surface area contributed by atoms with Gasteiger partial charge in [0.2, 0.25) is 5.96 Å². The van der Waals surface area contributed by atoms with Crippen molar-refractivity contribution in [3.63, 3.8) is 0 Å². The summed E-state index contributed by atoms with van der Waals surface area (Å²) in [6, 6.07) is 0.453. The quantitative estimate of drug-likeness (QED) is 0.343. The first-order valence-electron chi connectivity index (χ1n) is 7.24. The van der Waals surface area contributed by atoms with Crippen molar-refractivity contribution >= 4 is 5.96 Å². The molecule has 1 unspecified atom stereocenters. The molecule has 1 aliphatic heterocycles. The van der Waals surface area contributed by atoms with Gasteiger partial charge in [0.05, 0.1) is 12.1 Å². The molecule has 0 aromatic heterocycles. The normalized spacial score (nSPS) is 25.7. The molecule has 1 heterocycles. The third-order valence-electron chi connectivity index (χ3n) is 3.89. The maximum Gasteiger partial charge on any atom is 0.208 e. The molecular formula is C13H26N4O. The minimum atomic E-state index is 0.340. The lowest BCUT2D eigenvalue weighted by atomic mass is 10.2. The van der Waals surface area contributed by atoms with Gasteiger partial charge in [-0.15, -0.1) is 0 Å². The summed E-state index contributed by atoms with van der Waals surface area (Å²) in [6.45, 7) is 4.84. The van der Waals surface area contributed by atoms with Crippen molar-refractivity contribution in [2.24, 2.45) is 10.8 Å². The molecule has 5 nitrogen and oxygen atoms in total. The van der Waals surface area contributed by atoms with Crippen molar-refractivity contribution in [3.05, 3.63) is 0 Å². The lowest BCUT2D eigenvalue weighted by molar-refractivity contribution is 0.0914. The summed E-state index contributed by atoms with van der Waals surface area (Å²) in [4.78, 5) is 6.96. The van der Waals surface area contributed by atoms with E-state index in [1.165, 1.54) is 32.1 Å². The van der Waals surface area contributed by atoms with E-state index in [9.17, 15) is 0 Å². The second kappa shape index (κ2) is 6.95. The number of nitrogens with two attached hydrogens (primary N) is 1.